The summed E-state index contributed by atoms with van der Waals surface area (Å²) in [6, 6.07) is 4.13. The Labute approximate surface area is 123 Å². The lowest BCUT2D eigenvalue weighted by atomic mass is 9.99. The third kappa shape index (κ3) is 4.22. The molecule has 1 heterocycles. The Morgan fingerprint density at radius 1 is 1.20 bits per heavy atom. The van der Waals surface area contributed by atoms with Gasteiger partial charge >= 0.3 is 0 Å². The highest BCUT2D eigenvalue weighted by Crippen LogP contribution is 2.22. The van der Waals surface area contributed by atoms with Gasteiger partial charge in [-0.2, -0.15) is 0 Å². The number of benzene rings is 1. The molecule has 2 N–H and O–H groups in total. The van der Waals surface area contributed by atoms with Gasteiger partial charge in [0.05, 0.1) is 0 Å². The van der Waals surface area contributed by atoms with Gasteiger partial charge in [-0.05, 0) is 62.4 Å². The molecular weight excluding hydrogens is 248 g/mol. The van der Waals surface area contributed by atoms with Crippen molar-refractivity contribution in [2.45, 2.75) is 40.2 Å². The number of rotatable bonds is 5. The lowest BCUT2D eigenvalue weighted by Crippen LogP contribution is -2.37. The second kappa shape index (κ2) is 7.09. The molecule has 0 amide bonds. The van der Waals surface area contributed by atoms with Gasteiger partial charge in [-0.25, -0.2) is 0 Å². The van der Waals surface area contributed by atoms with E-state index in [-0.39, 0.29) is 0 Å². The van der Waals surface area contributed by atoms with Gasteiger partial charge in [0.1, 0.15) is 5.75 Å². The normalized spacial score (nSPS) is 17.6. The SMILES string of the molecule is Cc1cc(CNCCN2CCC(C)CC2)cc(C)c1O. The molecule has 0 spiro atoms. The Balaban J connectivity index is 1.71. The fourth-order valence-electron chi connectivity index (χ4n) is 2.90. The maximum atomic E-state index is 9.77. The van der Waals surface area contributed by atoms with Gasteiger partial charge < -0.3 is 15.3 Å². The van der Waals surface area contributed by atoms with E-state index in [0.717, 1.165) is 36.7 Å². The molecule has 1 fully saturated rings. The molecule has 1 aliphatic heterocycles. The predicted octanol–water partition coefficient (Wildman–Crippen LogP) is 2.83. The van der Waals surface area contributed by atoms with Crippen LogP contribution < -0.4 is 5.32 Å². The number of hydrogen-bond acceptors (Lipinski definition) is 3. The summed E-state index contributed by atoms with van der Waals surface area (Å²) in [5.41, 5.74) is 3.18. The van der Waals surface area contributed by atoms with Gasteiger partial charge in [0.25, 0.3) is 0 Å². The number of phenolic OH excluding ortho intramolecular Hbond substituents is 1. The van der Waals surface area contributed by atoms with Crippen LogP contribution in [0.15, 0.2) is 12.1 Å². The number of aryl methyl sites for hydroxylation is 2. The van der Waals surface area contributed by atoms with Crippen LogP contribution in [0.4, 0.5) is 0 Å². The third-order valence-electron chi connectivity index (χ3n) is 4.36. The molecule has 0 atom stereocenters. The fraction of sp³-hybridized carbons (Fsp3) is 0.647. The number of hydrogen-bond donors (Lipinski definition) is 2. The summed E-state index contributed by atoms with van der Waals surface area (Å²) in [6.45, 7) is 11.8. The minimum atomic E-state index is 0.427. The van der Waals surface area contributed by atoms with Gasteiger partial charge in [-0.3, -0.25) is 0 Å². The Hall–Kier alpha value is -1.06. The number of piperidine rings is 1. The quantitative estimate of drug-likeness (QED) is 0.812. The molecule has 1 aromatic carbocycles. The Morgan fingerprint density at radius 2 is 1.80 bits per heavy atom. The fourth-order valence-corrected chi connectivity index (χ4v) is 2.90. The monoisotopic (exact) mass is 276 g/mol. The highest BCUT2D eigenvalue weighted by molar-refractivity contribution is 5.42. The van der Waals surface area contributed by atoms with Crippen molar-refractivity contribution in [3.05, 3.63) is 28.8 Å². The number of aromatic hydroxyl groups is 1. The summed E-state index contributed by atoms with van der Waals surface area (Å²) in [7, 11) is 0. The van der Waals surface area contributed by atoms with E-state index in [1.807, 2.05) is 13.8 Å². The van der Waals surface area contributed by atoms with Crippen LogP contribution in [0.3, 0.4) is 0 Å². The summed E-state index contributed by atoms with van der Waals surface area (Å²) in [4.78, 5) is 2.56. The van der Waals surface area contributed by atoms with Crippen molar-refractivity contribution in [3.8, 4) is 5.75 Å². The summed E-state index contributed by atoms with van der Waals surface area (Å²) < 4.78 is 0. The molecule has 0 unspecified atom stereocenters. The first-order chi connectivity index (χ1) is 9.56. The summed E-state index contributed by atoms with van der Waals surface area (Å²) in [5, 5.41) is 13.3. The lowest BCUT2D eigenvalue weighted by Gasteiger charge is -2.30. The number of nitrogens with one attached hydrogen (secondary N) is 1. The van der Waals surface area contributed by atoms with Crippen molar-refractivity contribution in [2.75, 3.05) is 26.2 Å². The van der Waals surface area contributed by atoms with E-state index >= 15 is 0 Å². The minimum Gasteiger partial charge on any atom is -0.507 e. The van der Waals surface area contributed by atoms with Crippen LogP contribution in [0.2, 0.25) is 0 Å². The first kappa shape index (κ1) is 15.3. The molecule has 0 saturated carbocycles. The van der Waals surface area contributed by atoms with Crippen molar-refractivity contribution in [2.24, 2.45) is 5.92 Å². The first-order valence-corrected chi connectivity index (χ1v) is 7.78. The van der Waals surface area contributed by atoms with Gasteiger partial charge in [0, 0.05) is 19.6 Å². The summed E-state index contributed by atoms with van der Waals surface area (Å²) in [6.07, 6.45) is 2.69. The van der Waals surface area contributed by atoms with Crippen LogP contribution in [-0.4, -0.2) is 36.2 Å². The predicted molar refractivity (Wildman–Crippen MR) is 84.1 cm³/mol. The standard InChI is InChI=1S/C17H28N2O/c1-13-4-7-19(8-5-13)9-6-18-12-16-10-14(2)17(20)15(3)11-16/h10-11,13,18,20H,4-9,12H2,1-3H3. The highest BCUT2D eigenvalue weighted by Gasteiger charge is 2.14. The molecule has 0 radical (unpaired) electrons. The maximum Gasteiger partial charge on any atom is 0.121 e. The van der Waals surface area contributed by atoms with Gasteiger partial charge in [-0.15, -0.1) is 0 Å². The molecule has 0 aliphatic carbocycles. The Kier molecular flexibility index (Phi) is 5.44. The lowest BCUT2D eigenvalue weighted by molar-refractivity contribution is 0.193. The third-order valence-corrected chi connectivity index (χ3v) is 4.36. The van der Waals surface area contributed by atoms with Gasteiger partial charge in [0.15, 0.2) is 0 Å². The number of nitrogens with zero attached hydrogens (tertiary/aromatic N) is 1. The van der Waals surface area contributed by atoms with Crippen molar-refractivity contribution >= 4 is 0 Å². The summed E-state index contributed by atoms with van der Waals surface area (Å²) in [5.74, 6) is 1.33. The number of likely N-dealkylation sites (tertiary alicyclic amines) is 1. The molecule has 112 valence electrons. The van der Waals surface area contributed by atoms with E-state index in [9.17, 15) is 5.11 Å². The van der Waals surface area contributed by atoms with Gasteiger partial charge in [0.2, 0.25) is 0 Å². The average molecular weight is 276 g/mol. The van der Waals surface area contributed by atoms with E-state index in [1.54, 1.807) is 0 Å². The van der Waals surface area contributed by atoms with E-state index in [4.69, 9.17) is 0 Å². The zero-order valence-electron chi connectivity index (χ0n) is 13.1. The second-order valence-electron chi connectivity index (χ2n) is 6.28. The van der Waals surface area contributed by atoms with Crippen molar-refractivity contribution in [1.82, 2.24) is 10.2 Å². The zero-order chi connectivity index (χ0) is 14.5. The van der Waals surface area contributed by atoms with Gasteiger partial charge in [-0.1, -0.05) is 19.1 Å². The Bertz CT molecular complexity index is 414. The van der Waals surface area contributed by atoms with Crippen LogP contribution in [0, 0.1) is 19.8 Å². The molecule has 3 heteroatoms. The zero-order valence-corrected chi connectivity index (χ0v) is 13.1. The second-order valence-corrected chi connectivity index (χ2v) is 6.28. The van der Waals surface area contributed by atoms with Crippen LogP contribution >= 0.6 is 0 Å². The molecule has 1 aliphatic rings. The average Bonchev–Trinajstić information content (AvgIpc) is 2.43. The van der Waals surface area contributed by atoms with Crippen LogP contribution in [-0.2, 0) is 6.54 Å². The first-order valence-electron chi connectivity index (χ1n) is 7.78. The van der Waals surface area contributed by atoms with E-state index in [0.29, 0.717) is 5.75 Å². The molecule has 1 saturated heterocycles. The molecule has 3 nitrogen and oxygen atoms in total. The summed E-state index contributed by atoms with van der Waals surface area (Å²) >= 11 is 0. The van der Waals surface area contributed by atoms with E-state index in [2.05, 4.69) is 29.3 Å². The molecule has 1 aromatic rings. The van der Waals surface area contributed by atoms with Crippen molar-refractivity contribution in [1.29, 1.82) is 0 Å². The van der Waals surface area contributed by atoms with Crippen LogP contribution in [0.25, 0.3) is 0 Å². The number of phenols is 1. The molecule has 0 bridgehead atoms. The minimum absolute atomic E-state index is 0.427. The van der Waals surface area contributed by atoms with Crippen LogP contribution in [0.5, 0.6) is 5.75 Å². The molecule has 0 aromatic heterocycles. The molecular formula is C17H28N2O. The molecule has 2 rings (SSSR count). The topological polar surface area (TPSA) is 35.5 Å². The van der Waals surface area contributed by atoms with Crippen molar-refractivity contribution in [3.63, 3.8) is 0 Å². The van der Waals surface area contributed by atoms with Crippen LogP contribution in [0.1, 0.15) is 36.5 Å². The highest BCUT2D eigenvalue weighted by atomic mass is 16.3. The van der Waals surface area contributed by atoms with E-state index < -0.39 is 0 Å². The maximum absolute atomic E-state index is 9.77. The smallest absolute Gasteiger partial charge is 0.121 e. The Morgan fingerprint density at radius 3 is 2.40 bits per heavy atom. The largest absolute Gasteiger partial charge is 0.507 e. The van der Waals surface area contributed by atoms with E-state index in [1.165, 1.54) is 31.5 Å². The molecule has 20 heavy (non-hydrogen) atoms. The van der Waals surface area contributed by atoms with Crippen molar-refractivity contribution < 1.29 is 5.11 Å².